The SMILES string of the molecule is CNC(=O)/C(C#N)=C\c1c(Cl)cccc1Cl. The van der Waals surface area contributed by atoms with Crippen molar-refractivity contribution in [2.75, 3.05) is 7.05 Å². The molecule has 16 heavy (non-hydrogen) atoms. The third-order valence-corrected chi connectivity index (χ3v) is 2.54. The van der Waals surface area contributed by atoms with Crippen LogP contribution in [0.4, 0.5) is 0 Å². The fourth-order valence-corrected chi connectivity index (χ4v) is 1.58. The molecule has 1 aromatic carbocycles. The van der Waals surface area contributed by atoms with Gasteiger partial charge in [-0.3, -0.25) is 4.79 Å². The summed E-state index contributed by atoms with van der Waals surface area (Å²) in [6.45, 7) is 0. The molecule has 0 aliphatic carbocycles. The van der Waals surface area contributed by atoms with Gasteiger partial charge in [0.15, 0.2) is 0 Å². The average molecular weight is 255 g/mol. The average Bonchev–Trinajstić information content (AvgIpc) is 2.28. The van der Waals surface area contributed by atoms with E-state index in [0.29, 0.717) is 15.6 Å². The van der Waals surface area contributed by atoms with Crippen LogP contribution in [0.5, 0.6) is 0 Å². The van der Waals surface area contributed by atoms with Crippen molar-refractivity contribution >= 4 is 35.2 Å². The third-order valence-electron chi connectivity index (χ3n) is 1.88. The van der Waals surface area contributed by atoms with Gasteiger partial charge in [0, 0.05) is 22.7 Å². The maximum absolute atomic E-state index is 11.3. The molecule has 0 heterocycles. The van der Waals surface area contributed by atoms with Gasteiger partial charge in [0.1, 0.15) is 11.6 Å². The Balaban J connectivity index is 3.25. The lowest BCUT2D eigenvalue weighted by molar-refractivity contribution is -0.116. The number of rotatable bonds is 2. The van der Waals surface area contributed by atoms with Crippen LogP contribution in [0, 0.1) is 11.3 Å². The van der Waals surface area contributed by atoms with Gasteiger partial charge in [0.05, 0.1) is 0 Å². The zero-order chi connectivity index (χ0) is 12.1. The first kappa shape index (κ1) is 12.6. The van der Waals surface area contributed by atoms with Gasteiger partial charge in [-0.25, -0.2) is 0 Å². The minimum absolute atomic E-state index is 0.0440. The molecule has 0 fully saturated rings. The molecule has 0 aromatic heterocycles. The topological polar surface area (TPSA) is 52.9 Å². The van der Waals surface area contributed by atoms with Gasteiger partial charge in [-0.05, 0) is 18.2 Å². The lowest BCUT2D eigenvalue weighted by atomic mass is 10.1. The Kier molecular flexibility index (Phi) is 4.36. The molecule has 0 saturated carbocycles. The number of benzene rings is 1. The van der Waals surface area contributed by atoms with E-state index in [0.717, 1.165) is 0 Å². The second-order valence-electron chi connectivity index (χ2n) is 2.88. The summed E-state index contributed by atoms with van der Waals surface area (Å²) in [6, 6.07) is 6.75. The highest BCUT2D eigenvalue weighted by Gasteiger charge is 2.09. The van der Waals surface area contributed by atoms with E-state index in [-0.39, 0.29) is 5.57 Å². The molecule has 0 radical (unpaired) electrons. The Morgan fingerprint density at radius 2 is 2.00 bits per heavy atom. The summed E-state index contributed by atoms with van der Waals surface area (Å²) in [4.78, 5) is 11.3. The second kappa shape index (κ2) is 5.55. The molecule has 1 aromatic rings. The third kappa shape index (κ3) is 2.75. The van der Waals surface area contributed by atoms with Gasteiger partial charge in [-0.15, -0.1) is 0 Å². The van der Waals surface area contributed by atoms with Crippen LogP contribution in [0.15, 0.2) is 23.8 Å². The first-order chi connectivity index (χ1) is 7.60. The number of nitrogens with one attached hydrogen (secondary N) is 1. The number of nitrogens with zero attached hydrogens (tertiary/aromatic N) is 1. The van der Waals surface area contributed by atoms with Gasteiger partial charge in [-0.1, -0.05) is 29.3 Å². The fourth-order valence-electron chi connectivity index (χ4n) is 1.08. The predicted octanol–water partition coefficient (Wildman–Crippen LogP) is 2.65. The Morgan fingerprint density at radius 1 is 1.44 bits per heavy atom. The van der Waals surface area contributed by atoms with Crippen molar-refractivity contribution in [3.8, 4) is 6.07 Å². The van der Waals surface area contributed by atoms with E-state index in [4.69, 9.17) is 28.5 Å². The largest absolute Gasteiger partial charge is 0.354 e. The smallest absolute Gasteiger partial charge is 0.261 e. The van der Waals surface area contributed by atoms with Crippen LogP contribution < -0.4 is 5.32 Å². The summed E-state index contributed by atoms with van der Waals surface area (Å²) in [6.07, 6.45) is 1.36. The molecule has 0 aliphatic rings. The number of likely N-dealkylation sites (N-methyl/N-ethyl adjacent to an activating group) is 1. The van der Waals surface area contributed by atoms with E-state index in [1.165, 1.54) is 13.1 Å². The molecule has 0 atom stereocenters. The molecule has 3 nitrogen and oxygen atoms in total. The summed E-state index contributed by atoms with van der Waals surface area (Å²) < 4.78 is 0. The van der Waals surface area contributed by atoms with Gasteiger partial charge in [0.25, 0.3) is 5.91 Å². The van der Waals surface area contributed by atoms with Crippen molar-refractivity contribution in [3.05, 3.63) is 39.4 Å². The van der Waals surface area contributed by atoms with Crippen LogP contribution in [0.2, 0.25) is 10.0 Å². The van der Waals surface area contributed by atoms with Gasteiger partial charge < -0.3 is 5.32 Å². The van der Waals surface area contributed by atoms with Crippen LogP contribution >= 0.6 is 23.2 Å². The van der Waals surface area contributed by atoms with Gasteiger partial charge >= 0.3 is 0 Å². The highest BCUT2D eigenvalue weighted by molar-refractivity contribution is 6.37. The summed E-state index contributed by atoms with van der Waals surface area (Å²) in [5.41, 5.74) is 0.420. The van der Waals surface area contributed by atoms with Crippen molar-refractivity contribution in [2.45, 2.75) is 0 Å². The van der Waals surface area contributed by atoms with Crippen LogP contribution in [0.25, 0.3) is 6.08 Å². The fraction of sp³-hybridized carbons (Fsp3) is 0.0909. The Hall–Kier alpha value is -1.50. The van der Waals surface area contributed by atoms with E-state index in [9.17, 15) is 4.79 Å². The molecule has 0 saturated heterocycles. The Labute approximate surface area is 103 Å². The summed E-state index contributed by atoms with van der Waals surface area (Å²) in [5, 5.41) is 12.0. The highest BCUT2D eigenvalue weighted by Crippen LogP contribution is 2.26. The zero-order valence-corrected chi connectivity index (χ0v) is 9.93. The Bertz CT molecular complexity index is 469. The number of hydrogen-bond donors (Lipinski definition) is 1. The molecule has 0 aliphatic heterocycles. The number of amides is 1. The molecule has 0 bridgehead atoms. The molecule has 0 unspecified atom stereocenters. The Morgan fingerprint density at radius 3 is 2.44 bits per heavy atom. The van der Waals surface area contributed by atoms with Crippen molar-refractivity contribution < 1.29 is 4.79 Å². The molecule has 0 spiro atoms. The number of carbonyl (C=O) groups is 1. The molecule has 82 valence electrons. The molecule has 5 heteroatoms. The van der Waals surface area contributed by atoms with E-state index in [1.807, 2.05) is 0 Å². The van der Waals surface area contributed by atoms with Crippen LogP contribution in [0.1, 0.15) is 5.56 Å². The van der Waals surface area contributed by atoms with Crippen molar-refractivity contribution in [3.63, 3.8) is 0 Å². The number of carbonyl (C=O) groups excluding carboxylic acids is 1. The molecular weight excluding hydrogens is 247 g/mol. The lowest BCUT2D eigenvalue weighted by Gasteiger charge is -2.02. The zero-order valence-electron chi connectivity index (χ0n) is 8.42. The van der Waals surface area contributed by atoms with E-state index < -0.39 is 5.91 Å². The minimum atomic E-state index is -0.474. The summed E-state index contributed by atoms with van der Waals surface area (Å²) >= 11 is 11.8. The molecular formula is C11H8Cl2N2O. The van der Waals surface area contributed by atoms with E-state index in [1.54, 1.807) is 24.3 Å². The predicted molar refractivity (Wildman–Crippen MR) is 64.1 cm³/mol. The van der Waals surface area contributed by atoms with Crippen LogP contribution in [0.3, 0.4) is 0 Å². The van der Waals surface area contributed by atoms with Gasteiger partial charge in [-0.2, -0.15) is 5.26 Å². The molecule has 1 amide bonds. The van der Waals surface area contributed by atoms with Crippen molar-refractivity contribution in [2.24, 2.45) is 0 Å². The van der Waals surface area contributed by atoms with E-state index >= 15 is 0 Å². The number of nitriles is 1. The second-order valence-corrected chi connectivity index (χ2v) is 3.70. The number of halogens is 2. The van der Waals surface area contributed by atoms with Crippen molar-refractivity contribution in [1.82, 2.24) is 5.32 Å². The van der Waals surface area contributed by atoms with Crippen molar-refractivity contribution in [1.29, 1.82) is 5.26 Å². The maximum atomic E-state index is 11.3. The normalized spacial score (nSPS) is 10.8. The summed E-state index contributed by atoms with van der Waals surface area (Å²) in [7, 11) is 1.45. The standard InChI is InChI=1S/C11H8Cl2N2O/c1-15-11(16)7(6-14)5-8-9(12)3-2-4-10(8)13/h2-5H,1H3,(H,15,16)/b7-5-. The highest BCUT2D eigenvalue weighted by atomic mass is 35.5. The minimum Gasteiger partial charge on any atom is -0.354 e. The lowest BCUT2D eigenvalue weighted by Crippen LogP contribution is -2.19. The molecule has 1 N–H and O–H groups in total. The van der Waals surface area contributed by atoms with Crippen LogP contribution in [-0.4, -0.2) is 13.0 Å². The monoisotopic (exact) mass is 254 g/mol. The first-order valence-corrected chi connectivity index (χ1v) is 5.13. The van der Waals surface area contributed by atoms with Crippen LogP contribution in [-0.2, 0) is 4.79 Å². The quantitative estimate of drug-likeness (QED) is 0.652. The summed E-state index contributed by atoms with van der Waals surface area (Å²) in [5.74, 6) is -0.474. The molecule has 1 rings (SSSR count). The first-order valence-electron chi connectivity index (χ1n) is 4.38. The van der Waals surface area contributed by atoms with E-state index in [2.05, 4.69) is 5.32 Å². The number of hydrogen-bond acceptors (Lipinski definition) is 2. The maximum Gasteiger partial charge on any atom is 0.261 e. The van der Waals surface area contributed by atoms with Gasteiger partial charge in [0.2, 0.25) is 0 Å².